The van der Waals surface area contributed by atoms with E-state index in [2.05, 4.69) is 4.74 Å². The van der Waals surface area contributed by atoms with Crippen molar-refractivity contribution in [2.75, 3.05) is 6.61 Å². The summed E-state index contributed by atoms with van der Waals surface area (Å²) in [6.45, 7) is -1.58. The third-order valence-corrected chi connectivity index (χ3v) is 1.94. The minimum absolute atomic E-state index is 0.238. The average Bonchev–Trinajstić information content (AvgIpc) is 2.29. The summed E-state index contributed by atoms with van der Waals surface area (Å²) in [5.41, 5.74) is 0.834. The molecule has 0 unspecified atom stereocenters. The molecular formula is C11H9F4NO. The van der Waals surface area contributed by atoms with E-state index in [1.807, 2.05) is 6.07 Å². The Morgan fingerprint density at radius 1 is 1.35 bits per heavy atom. The highest BCUT2D eigenvalue weighted by atomic mass is 19.3. The Morgan fingerprint density at radius 2 is 2.06 bits per heavy atom. The van der Waals surface area contributed by atoms with E-state index in [0.717, 1.165) is 0 Å². The zero-order valence-electron chi connectivity index (χ0n) is 8.67. The van der Waals surface area contributed by atoms with Crippen LogP contribution >= 0.6 is 0 Å². The molecule has 0 fully saturated rings. The number of hydrogen-bond donors (Lipinski definition) is 0. The fourth-order valence-corrected chi connectivity index (χ4v) is 1.10. The molecule has 0 atom stereocenters. The topological polar surface area (TPSA) is 33.0 Å². The van der Waals surface area contributed by atoms with E-state index in [1.165, 1.54) is 12.1 Å². The van der Waals surface area contributed by atoms with Crippen molar-refractivity contribution in [3.63, 3.8) is 0 Å². The van der Waals surface area contributed by atoms with Gasteiger partial charge < -0.3 is 4.74 Å². The van der Waals surface area contributed by atoms with Crippen LogP contribution in [0.3, 0.4) is 0 Å². The lowest BCUT2D eigenvalue weighted by Gasteiger charge is -2.15. The predicted molar refractivity (Wildman–Crippen MR) is 51.8 cm³/mol. The van der Waals surface area contributed by atoms with E-state index in [9.17, 15) is 17.6 Å². The van der Waals surface area contributed by atoms with Gasteiger partial charge in [0.05, 0.1) is 18.2 Å². The van der Waals surface area contributed by atoms with Crippen molar-refractivity contribution < 1.29 is 22.3 Å². The molecule has 0 radical (unpaired) electrons. The lowest BCUT2D eigenvalue weighted by molar-refractivity contribution is -0.168. The average molecular weight is 247 g/mol. The first-order valence-corrected chi connectivity index (χ1v) is 4.68. The molecule has 0 aromatic heterocycles. The molecule has 0 aliphatic heterocycles. The van der Waals surface area contributed by atoms with Crippen molar-refractivity contribution >= 4 is 0 Å². The minimum atomic E-state index is -4.15. The molecule has 1 aromatic carbocycles. The van der Waals surface area contributed by atoms with Gasteiger partial charge in [-0.1, -0.05) is 12.1 Å². The third kappa shape index (κ3) is 4.04. The Bertz CT molecular complexity index is 414. The van der Waals surface area contributed by atoms with Gasteiger partial charge in [-0.05, 0) is 17.7 Å². The van der Waals surface area contributed by atoms with Gasteiger partial charge in [0.1, 0.15) is 6.61 Å². The summed E-state index contributed by atoms with van der Waals surface area (Å²) < 4.78 is 53.0. The molecular weight excluding hydrogens is 238 g/mol. The molecule has 0 saturated carbocycles. The predicted octanol–water partition coefficient (Wildman–Crippen LogP) is 2.98. The largest absolute Gasteiger partial charge is 0.370 e. The van der Waals surface area contributed by atoms with E-state index in [4.69, 9.17) is 5.26 Å². The standard InChI is InChI=1S/C11H9F4NO/c12-10(13)11(14,15)7-17-6-9-3-1-2-8(4-9)5-16/h1-4,10H,6-7H2. The summed E-state index contributed by atoms with van der Waals surface area (Å²) in [6, 6.07) is 7.97. The van der Waals surface area contributed by atoms with Gasteiger partial charge in [-0.3, -0.25) is 0 Å². The number of rotatable bonds is 5. The highest BCUT2D eigenvalue weighted by Crippen LogP contribution is 2.23. The summed E-state index contributed by atoms with van der Waals surface area (Å²) in [7, 11) is 0. The molecule has 0 bridgehead atoms. The Kier molecular flexibility index (Phi) is 4.46. The maximum atomic E-state index is 12.5. The molecule has 0 spiro atoms. The summed E-state index contributed by atoms with van der Waals surface area (Å²) in [6.07, 6.45) is -3.74. The molecule has 0 aliphatic carbocycles. The number of nitriles is 1. The van der Waals surface area contributed by atoms with E-state index in [1.54, 1.807) is 12.1 Å². The normalized spacial score (nSPS) is 11.5. The van der Waals surface area contributed by atoms with Crippen LogP contribution in [-0.2, 0) is 11.3 Å². The highest BCUT2D eigenvalue weighted by molar-refractivity contribution is 5.32. The van der Waals surface area contributed by atoms with Gasteiger partial charge in [0, 0.05) is 0 Å². The quantitative estimate of drug-likeness (QED) is 0.749. The molecule has 6 heteroatoms. The Hall–Kier alpha value is -1.61. The van der Waals surface area contributed by atoms with Crippen LogP contribution in [0, 0.1) is 11.3 Å². The first kappa shape index (κ1) is 13.5. The van der Waals surface area contributed by atoms with Gasteiger partial charge in [-0.15, -0.1) is 0 Å². The van der Waals surface area contributed by atoms with Crippen molar-refractivity contribution in [2.24, 2.45) is 0 Å². The summed E-state index contributed by atoms with van der Waals surface area (Å²) >= 11 is 0. The maximum Gasteiger partial charge on any atom is 0.330 e. The molecule has 0 heterocycles. The summed E-state index contributed by atoms with van der Waals surface area (Å²) in [5, 5.41) is 8.58. The van der Waals surface area contributed by atoms with Crippen molar-refractivity contribution in [1.29, 1.82) is 5.26 Å². The molecule has 0 aliphatic rings. The highest BCUT2D eigenvalue weighted by Gasteiger charge is 2.40. The van der Waals surface area contributed by atoms with Crippen molar-refractivity contribution in [2.45, 2.75) is 19.0 Å². The monoisotopic (exact) mass is 247 g/mol. The first-order chi connectivity index (χ1) is 7.95. The lowest BCUT2D eigenvalue weighted by atomic mass is 10.1. The second-order valence-electron chi connectivity index (χ2n) is 3.37. The van der Waals surface area contributed by atoms with E-state index >= 15 is 0 Å². The van der Waals surface area contributed by atoms with E-state index < -0.39 is 19.0 Å². The van der Waals surface area contributed by atoms with Crippen molar-refractivity contribution in [3.05, 3.63) is 35.4 Å². The number of ether oxygens (including phenoxy) is 1. The maximum absolute atomic E-state index is 12.5. The van der Waals surface area contributed by atoms with Gasteiger partial charge in [0.2, 0.25) is 0 Å². The fraction of sp³-hybridized carbons (Fsp3) is 0.364. The van der Waals surface area contributed by atoms with Crippen molar-refractivity contribution in [3.8, 4) is 6.07 Å². The number of halogens is 4. The van der Waals surface area contributed by atoms with Crippen LogP contribution < -0.4 is 0 Å². The lowest BCUT2D eigenvalue weighted by Crippen LogP contribution is -2.32. The zero-order valence-corrected chi connectivity index (χ0v) is 8.67. The van der Waals surface area contributed by atoms with Crippen molar-refractivity contribution in [1.82, 2.24) is 0 Å². The van der Waals surface area contributed by atoms with Crippen LogP contribution in [0.4, 0.5) is 17.6 Å². The van der Waals surface area contributed by atoms with Crippen LogP contribution in [0.5, 0.6) is 0 Å². The molecule has 17 heavy (non-hydrogen) atoms. The van der Waals surface area contributed by atoms with Crippen LogP contribution in [0.15, 0.2) is 24.3 Å². The van der Waals surface area contributed by atoms with Gasteiger partial charge in [0.15, 0.2) is 0 Å². The van der Waals surface area contributed by atoms with Gasteiger partial charge >= 0.3 is 12.3 Å². The number of benzene rings is 1. The smallest absolute Gasteiger partial charge is 0.330 e. The second kappa shape index (κ2) is 5.64. The molecule has 2 nitrogen and oxygen atoms in total. The number of alkyl halides is 4. The van der Waals surface area contributed by atoms with Crippen LogP contribution in [-0.4, -0.2) is 19.0 Å². The molecule has 92 valence electrons. The Morgan fingerprint density at radius 3 is 2.65 bits per heavy atom. The molecule has 0 amide bonds. The molecule has 1 rings (SSSR count). The van der Waals surface area contributed by atoms with E-state index in [-0.39, 0.29) is 6.61 Å². The first-order valence-electron chi connectivity index (χ1n) is 4.68. The van der Waals surface area contributed by atoms with Gasteiger partial charge in [0.25, 0.3) is 0 Å². The molecule has 1 aromatic rings. The summed E-state index contributed by atoms with van der Waals surface area (Å²) in [4.78, 5) is 0. The van der Waals surface area contributed by atoms with E-state index in [0.29, 0.717) is 11.1 Å². The SMILES string of the molecule is N#Cc1cccc(COCC(F)(F)C(F)F)c1. The summed E-state index contributed by atoms with van der Waals surface area (Å²) in [5.74, 6) is -4.15. The zero-order chi connectivity index (χ0) is 12.9. The Labute approximate surface area is 95.4 Å². The van der Waals surface area contributed by atoms with Crippen LogP contribution in [0.25, 0.3) is 0 Å². The van der Waals surface area contributed by atoms with Gasteiger partial charge in [-0.25, -0.2) is 8.78 Å². The van der Waals surface area contributed by atoms with Gasteiger partial charge in [-0.2, -0.15) is 14.0 Å². The number of nitrogens with zero attached hydrogens (tertiary/aromatic N) is 1. The van der Waals surface area contributed by atoms with Crippen LogP contribution in [0.1, 0.15) is 11.1 Å². The number of hydrogen-bond acceptors (Lipinski definition) is 2. The fourth-order valence-electron chi connectivity index (χ4n) is 1.10. The molecule has 0 N–H and O–H groups in total. The minimum Gasteiger partial charge on any atom is -0.370 e. The second-order valence-corrected chi connectivity index (χ2v) is 3.37. The van der Waals surface area contributed by atoms with Crippen LogP contribution in [0.2, 0.25) is 0 Å². The third-order valence-electron chi connectivity index (χ3n) is 1.94. The molecule has 0 saturated heterocycles. The Balaban J connectivity index is 2.49.